The summed E-state index contributed by atoms with van der Waals surface area (Å²) in [7, 11) is 0. The molecule has 8 heteroatoms. The highest BCUT2D eigenvalue weighted by Gasteiger charge is 2.25. The molecule has 5 rings (SSSR count). The number of hydrogen-bond donors (Lipinski definition) is 1. The van der Waals surface area contributed by atoms with Crippen molar-refractivity contribution in [2.45, 2.75) is 6.61 Å². The smallest absolute Gasteiger partial charge is 0.264 e. The molecule has 35 heavy (non-hydrogen) atoms. The molecule has 1 aliphatic rings. The number of fused-ring (bicyclic) bond motifs is 1. The molecule has 1 aliphatic heterocycles. The minimum Gasteiger partial charge on any atom is -0.488 e. The first kappa shape index (κ1) is 23.4. The van der Waals surface area contributed by atoms with E-state index >= 15 is 0 Å². The van der Waals surface area contributed by atoms with Crippen molar-refractivity contribution in [2.24, 2.45) is 4.99 Å². The van der Waals surface area contributed by atoms with E-state index in [1.807, 2.05) is 42.5 Å². The molecule has 4 aromatic carbocycles. The summed E-state index contributed by atoms with van der Waals surface area (Å²) >= 11 is 13.5. The van der Waals surface area contributed by atoms with Crippen LogP contribution in [0.1, 0.15) is 11.1 Å². The zero-order valence-corrected chi connectivity index (χ0v) is 20.4. The van der Waals surface area contributed by atoms with Gasteiger partial charge in [0.1, 0.15) is 18.2 Å². The monoisotopic (exact) mass is 522 g/mol. The minimum absolute atomic E-state index is 0.237. The maximum absolute atomic E-state index is 13.2. The third kappa shape index (κ3) is 5.35. The number of ether oxygens (including phenoxy) is 1. The fraction of sp³-hybridized carbons (Fsp3) is 0.0370. The van der Waals surface area contributed by atoms with E-state index in [0.717, 1.165) is 21.9 Å². The number of nitrogens with zero attached hydrogens (tertiary/aromatic N) is 1. The van der Waals surface area contributed by atoms with Gasteiger partial charge in [0.15, 0.2) is 5.17 Å². The number of halogens is 3. The Kier molecular flexibility index (Phi) is 6.77. The molecule has 1 fully saturated rings. The van der Waals surface area contributed by atoms with Crippen LogP contribution in [-0.4, -0.2) is 11.1 Å². The van der Waals surface area contributed by atoms with Crippen LogP contribution in [0.15, 0.2) is 88.8 Å². The molecule has 1 saturated heterocycles. The van der Waals surface area contributed by atoms with Crippen LogP contribution < -0.4 is 10.1 Å². The van der Waals surface area contributed by atoms with Crippen molar-refractivity contribution in [2.75, 3.05) is 0 Å². The molecule has 1 amide bonds. The van der Waals surface area contributed by atoms with Gasteiger partial charge in [-0.2, -0.15) is 0 Å². The summed E-state index contributed by atoms with van der Waals surface area (Å²) in [6.45, 7) is 0.237. The predicted octanol–water partition coefficient (Wildman–Crippen LogP) is 7.76. The molecule has 1 N–H and O–H groups in total. The zero-order valence-electron chi connectivity index (χ0n) is 18.1. The van der Waals surface area contributed by atoms with Crippen LogP contribution in [0.3, 0.4) is 0 Å². The standard InChI is InChI=1S/C27H17Cl2FN2O2S/c28-18-7-5-17(23(29)13-18)15-34-24-12-6-16-3-1-2-4-21(16)22(24)14-25-26(33)32-27(35-25)31-20-10-8-19(30)9-11-20/h1-14H,15H2,(H,31,32,33)/b25-14+. The Morgan fingerprint density at radius 3 is 2.60 bits per heavy atom. The van der Waals surface area contributed by atoms with E-state index in [2.05, 4.69) is 10.3 Å². The van der Waals surface area contributed by atoms with Gasteiger partial charge in [0.2, 0.25) is 0 Å². The van der Waals surface area contributed by atoms with Crippen LogP contribution in [0.5, 0.6) is 5.75 Å². The minimum atomic E-state index is -0.346. The largest absolute Gasteiger partial charge is 0.488 e. The molecule has 0 spiro atoms. The lowest BCUT2D eigenvalue weighted by Crippen LogP contribution is -2.19. The predicted molar refractivity (Wildman–Crippen MR) is 142 cm³/mol. The van der Waals surface area contributed by atoms with Crippen molar-refractivity contribution in [3.63, 3.8) is 0 Å². The molecular weight excluding hydrogens is 506 g/mol. The summed E-state index contributed by atoms with van der Waals surface area (Å²) in [6.07, 6.45) is 1.80. The van der Waals surface area contributed by atoms with Gasteiger partial charge in [0.25, 0.3) is 5.91 Å². The lowest BCUT2D eigenvalue weighted by molar-refractivity contribution is -0.115. The van der Waals surface area contributed by atoms with Crippen LogP contribution >= 0.6 is 35.0 Å². The van der Waals surface area contributed by atoms with Crippen LogP contribution in [0, 0.1) is 5.82 Å². The quantitative estimate of drug-likeness (QED) is 0.272. The number of benzene rings is 4. The average molecular weight is 523 g/mol. The third-order valence-corrected chi connectivity index (χ3v) is 6.81. The summed E-state index contributed by atoms with van der Waals surface area (Å²) in [6, 6.07) is 22.7. The highest BCUT2D eigenvalue weighted by atomic mass is 35.5. The van der Waals surface area contributed by atoms with Gasteiger partial charge in [-0.1, -0.05) is 59.6 Å². The SMILES string of the molecule is O=C1NC(=Nc2ccc(F)cc2)S/C1=C/c1c(OCc2ccc(Cl)cc2Cl)ccc2ccccc12. The van der Waals surface area contributed by atoms with E-state index in [0.29, 0.717) is 31.6 Å². The van der Waals surface area contributed by atoms with Crippen LogP contribution in [-0.2, 0) is 11.4 Å². The highest BCUT2D eigenvalue weighted by molar-refractivity contribution is 8.18. The maximum atomic E-state index is 13.2. The van der Waals surface area contributed by atoms with Crippen LogP contribution in [0.2, 0.25) is 10.0 Å². The van der Waals surface area contributed by atoms with E-state index in [1.54, 1.807) is 30.3 Å². The Morgan fingerprint density at radius 2 is 1.80 bits per heavy atom. The number of nitrogens with one attached hydrogen (secondary N) is 1. The second kappa shape index (κ2) is 10.1. The number of amidine groups is 1. The highest BCUT2D eigenvalue weighted by Crippen LogP contribution is 2.35. The van der Waals surface area contributed by atoms with Gasteiger partial charge in [-0.05, 0) is 71.1 Å². The van der Waals surface area contributed by atoms with Crippen LogP contribution in [0.25, 0.3) is 16.8 Å². The van der Waals surface area contributed by atoms with Gasteiger partial charge in [-0.15, -0.1) is 0 Å². The number of thioether (sulfide) groups is 1. The molecule has 0 radical (unpaired) electrons. The van der Waals surface area contributed by atoms with Gasteiger partial charge in [-0.25, -0.2) is 9.38 Å². The van der Waals surface area contributed by atoms with E-state index in [4.69, 9.17) is 27.9 Å². The van der Waals surface area contributed by atoms with Crippen molar-refractivity contribution in [3.8, 4) is 5.75 Å². The summed E-state index contributed by atoms with van der Waals surface area (Å²) in [4.78, 5) is 17.6. The van der Waals surface area contributed by atoms with E-state index in [9.17, 15) is 9.18 Å². The van der Waals surface area contributed by atoms with Crippen LogP contribution in [0.4, 0.5) is 10.1 Å². The molecule has 174 valence electrons. The molecule has 4 aromatic rings. The number of hydrogen-bond acceptors (Lipinski definition) is 4. The fourth-order valence-corrected chi connectivity index (χ4v) is 4.88. The van der Waals surface area contributed by atoms with Crippen molar-refractivity contribution in [1.29, 1.82) is 0 Å². The lowest BCUT2D eigenvalue weighted by Gasteiger charge is -2.13. The number of carbonyl (C=O) groups excluding carboxylic acids is 1. The molecule has 4 nitrogen and oxygen atoms in total. The number of rotatable bonds is 5. The molecule has 0 unspecified atom stereocenters. The third-order valence-electron chi connectivity index (χ3n) is 5.31. The average Bonchev–Trinajstić information content (AvgIpc) is 3.19. The lowest BCUT2D eigenvalue weighted by atomic mass is 10.0. The number of amides is 1. The molecule has 0 aromatic heterocycles. The molecule has 1 heterocycles. The summed E-state index contributed by atoms with van der Waals surface area (Å²) < 4.78 is 19.3. The Morgan fingerprint density at radius 1 is 1.00 bits per heavy atom. The van der Waals surface area contributed by atoms with E-state index < -0.39 is 0 Å². The van der Waals surface area contributed by atoms with Gasteiger partial charge in [0.05, 0.1) is 10.6 Å². The van der Waals surface area contributed by atoms with Crippen molar-refractivity contribution in [1.82, 2.24) is 5.32 Å². The van der Waals surface area contributed by atoms with Crippen molar-refractivity contribution in [3.05, 3.63) is 111 Å². The summed E-state index contributed by atoms with van der Waals surface area (Å²) in [5.41, 5.74) is 2.11. The number of aliphatic imine (C=N–C) groups is 1. The molecule has 0 aliphatic carbocycles. The molecular formula is C27H17Cl2FN2O2S. The fourth-order valence-electron chi connectivity index (χ4n) is 3.59. The molecule has 0 atom stereocenters. The maximum Gasteiger partial charge on any atom is 0.264 e. The van der Waals surface area contributed by atoms with Crippen molar-refractivity contribution < 1.29 is 13.9 Å². The first-order valence-corrected chi connectivity index (χ1v) is 12.2. The second-order valence-corrected chi connectivity index (χ2v) is 9.56. The van der Waals surface area contributed by atoms with Gasteiger partial charge < -0.3 is 10.1 Å². The summed E-state index contributed by atoms with van der Waals surface area (Å²) in [5, 5.41) is 6.21. The Bertz CT molecular complexity index is 1500. The second-order valence-electron chi connectivity index (χ2n) is 7.68. The van der Waals surface area contributed by atoms with Gasteiger partial charge in [-0.3, -0.25) is 4.79 Å². The van der Waals surface area contributed by atoms with E-state index in [-0.39, 0.29) is 18.3 Å². The zero-order chi connectivity index (χ0) is 24.4. The first-order valence-electron chi connectivity index (χ1n) is 10.6. The van der Waals surface area contributed by atoms with Gasteiger partial charge >= 0.3 is 0 Å². The normalized spacial score (nSPS) is 15.7. The molecule has 0 saturated carbocycles. The topological polar surface area (TPSA) is 50.7 Å². The van der Waals surface area contributed by atoms with E-state index in [1.165, 1.54) is 23.9 Å². The first-order chi connectivity index (χ1) is 17.0. The Balaban J connectivity index is 1.48. The number of carbonyl (C=O) groups is 1. The Labute approximate surface area is 215 Å². The summed E-state index contributed by atoms with van der Waals surface area (Å²) in [5.74, 6) is -0.00366. The van der Waals surface area contributed by atoms with Gasteiger partial charge in [0, 0.05) is 21.2 Å². The van der Waals surface area contributed by atoms with Crippen molar-refractivity contribution >= 4 is 68.6 Å². The Hall–Kier alpha value is -3.32. The molecule has 0 bridgehead atoms.